The first kappa shape index (κ1) is 27.5. The molecule has 3 rings (SSSR count). The third-order valence-corrected chi connectivity index (χ3v) is 5.18. The number of benzene rings is 3. The number of nitrogens with one attached hydrogen (secondary N) is 2. The predicted molar refractivity (Wildman–Crippen MR) is 130 cm³/mol. The van der Waals surface area contributed by atoms with Crippen molar-refractivity contribution in [1.82, 2.24) is 5.43 Å². The van der Waals surface area contributed by atoms with Crippen LogP contribution in [0.2, 0.25) is 10.0 Å². The van der Waals surface area contributed by atoms with Gasteiger partial charge in [-0.25, -0.2) is 10.2 Å². The third-order valence-electron chi connectivity index (χ3n) is 4.60. The number of ether oxygens (including phenoxy) is 2. The molecule has 0 atom stereocenters. The zero-order chi connectivity index (χ0) is 27.2. The Balaban J connectivity index is 1.62. The molecule has 13 heteroatoms. The first-order valence-corrected chi connectivity index (χ1v) is 10.9. The predicted octanol–water partition coefficient (Wildman–Crippen LogP) is 5.33. The van der Waals surface area contributed by atoms with Crippen LogP contribution in [0.3, 0.4) is 0 Å². The molecule has 3 aromatic carbocycles. The van der Waals surface area contributed by atoms with Crippen molar-refractivity contribution in [2.24, 2.45) is 5.10 Å². The first-order chi connectivity index (χ1) is 17.5. The molecule has 0 heterocycles. The minimum atomic E-state index is -4.67. The molecule has 0 fully saturated rings. The number of carbonyl (C=O) groups is 3. The van der Waals surface area contributed by atoms with E-state index >= 15 is 0 Å². The molecule has 0 radical (unpaired) electrons. The summed E-state index contributed by atoms with van der Waals surface area (Å²) < 4.78 is 49.1. The number of hydrogen-bond acceptors (Lipinski definition) is 6. The second-order valence-electron chi connectivity index (χ2n) is 7.15. The Bertz CT molecular complexity index is 1360. The summed E-state index contributed by atoms with van der Waals surface area (Å²) in [7, 11) is 1.35. The Morgan fingerprint density at radius 2 is 1.62 bits per heavy atom. The van der Waals surface area contributed by atoms with Crippen molar-refractivity contribution < 1.29 is 37.0 Å². The highest BCUT2D eigenvalue weighted by atomic mass is 35.5. The number of halogens is 5. The van der Waals surface area contributed by atoms with E-state index in [-0.39, 0.29) is 22.1 Å². The number of alkyl halides is 3. The van der Waals surface area contributed by atoms with E-state index in [1.807, 2.05) is 10.7 Å². The molecule has 0 bridgehead atoms. The molecular weight excluding hydrogens is 538 g/mol. The van der Waals surface area contributed by atoms with Crippen molar-refractivity contribution in [3.05, 3.63) is 87.4 Å². The van der Waals surface area contributed by atoms with E-state index in [0.717, 1.165) is 18.3 Å². The minimum Gasteiger partial charge on any atom is -0.493 e. The van der Waals surface area contributed by atoms with Gasteiger partial charge in [-0.15, -0.1) is 0 Å². The number of nitrogens with zero attached hydrogens (tertiary/aromatic N) is 1. The molecule has 0 aliphatic heterocycles. The second-order valence-corrected chi connectivity index (χ2v) is 8.00. The van der Waals surface area contributed by atoms with E-state index in [4.69, 9.17) is 32.7 Å². The Kier molecular flexibility index (Phi) is 8.74. The molecular formula is C24H16Cl2F3N3O5. The topological polar surface area (TPSA) is 106 Å². The fourth-order valence-corrected chi connectivity index (χ4v) is 3.08. The maximum Gasteiger partial charge on any atom is 0.416 e. The van der Waals surface area contributed by atoms with Crippen molar-refractivity contribution in [2.75, 3.05) is 12.4 Å². The van der Waals surface area contributed by atoms with Gasteiger partial charge in [0.15, 0.2) is 11.5 Å². The van der Waals surface area contributed by atoms with Crippen molar-refractivity contribution in [1.29, 1.82) is 0 Å². The van der Waals surface area contributed by atoms with Gasteiger partial charge in [0, 0.05) is 5.02 Å². The number of amides is 2. The van der Waals surface area contributed by atoms with Gasteiger partial charge < -0.3 is 14.8 Å². The first-order valence-electron chi connectivity index (χ1n) is 10.1. The van der Waals surface area contributed by atoms with Crippen molar-refractivity contribution >= 4 is 52.9 Å². The van der Waals surface area contributed by atoms with Gasteiger partial charge in [0.25, 0.3) is 0 Å². The van der Waals surface area contributed by atoms with Crippen LogP contribution in [0.4, 0.5) is 18.9 Å². The van der Waals surface area contributed by atoms with Crippen LogP contribution in [0.1, 0.15) is 21.5 Å². The van der Waals surface area contributed by atoms with E-state index in [9.17, 15) is 27.6 Å². The monoisotopic (exact) mass is 553 g/mol. The summed E-state index contributed by atoms with van der Waals surface area (Å²) in [6, 6.07) is 12.7. The Labute approximate surface area is 218 Å². The summed E-state index contributed by atoms with van der Waals surface area (Å²) in [5, 5.41) is 5.90. The quantitative estimate of drug-likeness (QED) is 0.141. The number of hydrazone groups is 1. The lowest BCUT2D eigenvalue weighted by Crippen LogP contribution is -2.32. The Morgan fingerprint density at radius 1 is 0.919 bits per heavy atom. The molecule has 0 aliphatic carbocycles. The highest BCUT2D eigenvalue weighted by molar-refractivity contribution is 6.41. The molecule has 2 amide bonds. The van der Waals surface area contributed by atoms with Crippen LogP contribution in [0.15, 0.2) is 65.8 Å². The average molecular weight is 554 g/mol. The molecule has 2 N–H and O–H groups in total. The molecule has 3 aromatic rings. The van der Waals surface area contributed by atoms with Crippen LogP contribution in [-0.2, 0) is 15.8 Å². The summed E-state index contributed by atoms with van der Waals surface area (Å²) >= 11 is 11.6. The minimum absolute atomic E-state index is 0.112. The lowest BCUT2D eigenvalue weighted by atomic mass is 10.2. The highest BCUT2D eigenvalue weighted by Gasteiger charge is 2.31. The summed E-state index contributed by atoms with van der Waals surface area (Å²) in [6.07, 6.45) is -3.50. The summed E-state index contributed by atoms with van der Waals surface area (Å²) in [5.74, 6) is -2.91. The molecule has 0 unspecified atom stereocenters. The fraction of sp³-hybridized carbons (Fsp3) is 0.0833. The number of rotatable bonds is 6. The molecule has 37 heavy (non-hydrogen) atoms. The van der Waals surface area contributed by atoms with Gasteiger partial charge in [-0.05, 0) is 66.2 Å². The second kappa shape index (κ2) is 11.8. The smallest absolute Gasteiger partial charge is 0.416 e. The lowest BCUT2D eigenvalue weighted by molar-refractivity contribution is -0.137. The van der Waals surface area contributed by atoms with Gasteiger partial charge in [0.2, 0.25) is 0 Å². The zero-order valence-electron chi connectivity index (χ0n) is 18.7. The van der Waals surface area contributed by atoms with Crippen LogP contribution in [0.25, 0.3) is 0 Å². The summed E-state index contributed by atoms with van der Waals surface area (Å²) in [5.41, 5.74) is 1.16. The third kappa shape index (κ3) is 7.45. The standard InChI is InChI=1S/C24H16Cl2F3N3O5/c1-36-20-10-13(2-9-19(20)37-23(35)14-3-6-16(25)7-4-14)12-30-32-22(34)21(33)31-18-11-15(24(27,28)29)5-8-17(18)26/h2-12H,1H3,(H,31,33)(H,32,34)/b30-12+. The van der Waals surface area contributed by atoms with Crippen LogP contribution in [-0.4, -0.2) is 31.1 Å². The van der Waals surface area contributed by atoms with Gasteiger partial charge in [0.1, 0.15) is 0 Å². The molecule has 0 saturated heterocycles. The average Bonchev–Trinajstić information content (AvgIpc) is 2.85. The number of methoxy groups -OCH3 is 1. The van der Waals surface area contributed by atoms with E-state index < -0.39 is 35.2 Å². The molecule has 0 saturated carbocycles. The van der Waals surface area contributed by atoms with E-state index in [1.54, 1.807) is 0 Å². The van der Waals surface area contributed by atoms with Gasteiger partial charge in [-0.3, -0.25) is 9.59 Å². The Morgan fingerprint density at radius 3 is 2.27 bits per heavy atom. The zero-order valence-corrected chi connectivity index (χ0v) is 20.2. The van der Waals surface area contributed by atoms with Gasteiger partial charge in [-0.2, -0.15) is 18.3 Å². The molecule has 8 nitrogen and oxygen atoms in total. The van der Waals surface area contributed by atoms with Gasteiger partial charge in [0.05, 0.1) is 35.2 Å². The van der Waals surface area contributed by atoms with E-state index in [0.29, 0.717) is 16.7 Å². The Hall–Kier alpha value is -4.09. The SMILES string of the molecule is COc1cc(/C=N/NC(=O)C(=O)Nc2cc(C(F)(F)F)ccc2Cl)ccc1OC(=O)c1ccc(Cl)cc1. The van der Waals surface area contributed by atoms with Crippen LogP contribution in [0, 0.1) is 0 Å². The highest BCUT2D eigenvalue weighted by Crippen LogP contribution is 2.34. The van der Waals surface area contributed by atoms with Gasteiger partial charge >= 0.3 is 24.0 Å². The maximum absolute atomic E-state index is 12.9. The van der Waals surface area contributed by atoms with Crippen molar-refractivity contribution in [3.8, 4) is 11.5 Å². The van der Waals surface area contributed by atoms with Crippen molar-refractivity contribution in [3.63, 3.8) is 0 Å². The van der Waals surface area contributed by atoms with Crippen LogP contribution in [0.5, 0.6) is 11.5 Å². The lowest BCUT2D eigenvalue weighted by Gasteiger charge is -2.11. The number of esters is 1. The number of carbonyl (C=O) groups excluding carboxylic acids is 3. The van der Waals surface area contributed by atoms with Gasteiger partial charge in [-0.1, -0.05) is 23.2 Å². The molecule has 0 aliphatic rings. The summed E-state index contributed by atoms with van der Waals surface area (Å²) in [6.45, 7) is 0. The number of anilines is 1. The number of hydrogen-bond donors (Lipinski definition) is 2. The van der Waals surface area contributed by atoms with E-state index in [1.165, 1.54) is 49.6 Å². The normalized spacial score (nSPS) is 11.2. The molecule has 0 aromatic heterocycles. The largest absolute Gasteiger partial charge is 0.493 e. The fourth-order valence-electron chi connectivity index (χ4n) is 2.79. The maximum atomic E-state index is 12.9. The molecule has 192 valence electrons. The van der Waals surface area contributed by atoms with E-state index in [2.05, 4.69) is 5.10 Å². The van der Waals surface area contributed by atoms with Crippen LogP contribution >= 0.6 is 23.2 Å². The van der Waals surface area contributed by atoms with Crippen molar-refractivity contribution in [2.45, 2.75) is 6.18 Å². The molecule has 0 spiro atoms. The van der Waals surface area contributed by atoms with Crippen LogP contribution < -0.4 is 20.2 Å². The summed E-state index contributed by atoms with van der Waals surface area (Å²) in [4.78, 5) is 36.3.